The highest BCUT2D eigenvalue weighted by atomic mass is 35.5. The van der Waals surface area contributed by atoms with Crippen molar-refractivity contribution in [3.05, 3.63) is 34.9 Å². The molecule has 2 heteroatoms. The maximum Gasteiger partial charge on any atom is 0.0441 e. The van der Waals surface area contributed by atoms with Crippen LogP contribution in [0.25, 0.3) is 0 Å². The average Bonchev–Trinajstić information content (AvgIpc) is 2.41. The monoisotopic (exact) mass is 279 g/mol. The summed E-state index contributed by atoms with van der Waals surface area (Å²) >= 11 is 6.42. The zero-order valence-electron chi connectivity index (χ0n) is 12.2. The molecule has 2 rings (SSSR count). The molecule has 2 unspecified atom stereocenters. The Morgan fingerprint density at radius 3 is 2.84 bits per heavy atom. The summed E-state index contributed by atoms with van der Waals surface area (Å²) in [6, 6.07) is 8.37. The van der Waals surface area contributed by atoms with Gasteiger partial charge in [-0.15, -0.1) is 0 Å². The molecule has 1 N–H and O–H groups in total. The quantitative estimate of drug-likeness (QED) is 0.748. The highest BCUT2D eigenvalue weighted by molar-refractivity contribution is 6.31. The Morgan fingerprint density at radius 2 is 2.11 bits per heavy atom. The lowest BCUT2D eigenvalue weighted by Crippen LogP contribution is -2.42. The Bertz CT molecular complexity index is 404. The van der Waals surface area contributed by atoms with Gasteiger partial charge in [0.05, 0.1) is 0 Å². The molecule has 0 saturated carbocycles. The smallest absolute Gasteiger partial charge is 0.0441 e. The lowest BCUT2D eigenvalue weighted by atomic mass is 9.66. The van der Waals surface area contributed by atoms with Crippen LogP contribution >= 0.6 is 11.6 Å². The van der Waals surface area contributed by atoms with Gasteiger partial charge in [0.25, 0.3) is 0 Å². The van der Waals surface area contributed by atoms with Crippen molar-refractivity contribution in [2.75, 3.05) is 13.1 Å². The van der Waals surface area contributed by atoms with Gasteiger partial charge in [-0.25, -0.2) is 0 Å². The number of piperidine rings is 1. The number of benzene rings is 1. The lowest BCUT2D eigenvalue weighted by Gasteiger charge is -2.43. The topological polar surface area (TPSA) is 12.0 Å². The Kier molecular flexibility index (Phi) is 5.29. The number of rotatable bonds is 5. The number of halogens is 1. The van der Waals surface area contributed by atoms with E-state index in [2.05, 4.69) is 31.3 Å². The molecule has 1 nitrogen and oxygen atoms in total. The molecule has 0 bridgehead atoms. The van der Waals surface area contributed by atoms with Gasteiger partial charge in [-0.05, 0) is 36.4 Å². The SMILES string of the molecule is CCCCCC1(C)CCNCC1c1ccccc1Cl. The molecule has 1 aliphatic heterocycles. The molecule has 1 aliphatic rings. The van der Waals surface area contributed by atoms with Gasteiger partial charge in [-0.2, -0.15) is 0 Å². The highest BCUT2D eigenvalue weighted by Gasteiger charge is 2.37. The zero-order valence-corrected chi connectivity index (χ0v) is 13.0. The second-order valence-corrected chi connectivity index (χ2v) is 6.55. The molecule has 1 aromatic carbocycles. The maximum atomic E-state index is 6.42. The Labute approximate surface area is 122 Å². The van der Waals surface area contributed by atoms with E-state index in [1.165, 1.54) is 37.7 Å². The molecule has 2 atom stereocenters. The van der Waals surface area contributed by atoms with Crippen LogP contribution in [0.3, 0.4) is 0 Å². The third-order valence-electron chi connectivity index (χ3n) is 4.69. The molecular formula is C17H26ClN. The minimum Gasteiger partial charge on any atom is -0.316 e. The number of unbranched alkanes of at least 4 members (excludes halogenated alkanes) is 2. The summed E-state index contributed by atoms with van der Waals surface area (Å²) < 4.78 is 0. The van der Waals surface area contributed by atoms with Crippen molar-refractivity contribution in [1.82, 2.24) is 5.32 Å². The fourth-order valence-corrected chi connectivity index (χ4v) is 3.63. The minimum atomic E-state index is 0.394. The van der Waals surface area contributed by atoms with Crippen molar-refractivity contribution < 1.29 is 0 Å². The van der Waals surface area contributed by atoms with E-state index in [-0.39, 0.29) is 0 Å². The predicted octanol–water partition coefficient (Wildman–Crippen LogP) is 5.00. The van der Waals surface area contributed by atoms with Crippen LogP contribution in [-0.4, -0.2) is 13.1 Å². The molecular weight excluding hydrogens is 254 g/mol. The summed E-state index contributed by atoms with van der Waals surface area (Å²) in [6.45, 7) is 6.93. The van der Waals surface area contributed by atoms with Crippen LogP contribution in [0, 0.1) is 5.41 Å². The van der Waals surface area contributed by atoms with Gasteiger partial charge < -0.3 is 5.32 Å². The van der Waals surface area contributed by atoms with Crippen molar-refractivity contribution in [3.63, 3.8) is 0 Å². The molecule has 0 aliphatic carbocycles. The predicted molar refractivity (Wildman–Crippen MR) is 83.9 cm³/mol. The van der Waals surface area contributed by atoms with E-state index in [1.54, 1.807) is 0 Å². The molecule has 106 valence electrons. The van der Waals surface area contributed by atoms with Crippen LogP contribution < -0.4 is 5.32 Å². The third-order valence-corrected chi connectivity index (χ3v) is 5.04. The fourth-order valence-electron chi connectivity index (χ4n) is 3.36. The van der Waals surface area contributed by atoms with E-state index in [1.807, 2.05) is 12.1 Å². The first kappa shape index (κ1) is 14.9. The van der Waals surface area contributed by atoms with E-state index in [0.29, 0.717) is 11.3 Å². The van der Waals surface area contributed by atoms with Crippen molar-refractivity contribution in [1.29, 1.82) is 0 Å². The standard InChI is InChI=1S/C17H26ClN/c1-3-4-7-10-17(2)11-12-19-13-15(17)14-8-5-6-9-16(14)18/h5-6,8-9,15,19H,3-4,7,10-13H2,1-2H3. The van der Waals surface area contributed by atoms with E-state index in [9.17, 15) is 0 Å². The van der Waals surface area contributed by atoms with E-state index in [0.717, 1.165) is 18.1 Å². The van der Waals surface area contributed by atoms with Gasteiger partial charge in [-0.3, -0.25) is 0 Å². The van der Waals surface area contributed by atoms with Gasteiger partial charge in [0.1, 0.15) is 0 Å². The molecule has 0 amide bonds. The van der Waals surface area contributed by atoms with Gasteiger partial charge in [0.2, 0.25) is 0 Å². The summed E-state index contributed by atoms with van der Waals surface area (Å²) in [5.74, 6) is 0.548. The van der Waals surface area contributed by atoms with Gasteiger partial charge in [0, 0.05) is 17.5 Å². The fraction of sp³-hybridized carbons (Fsp3) is 0.647. The molecule has 0 radical (unpaired) electrons. The van der Waals surface area contributed by atoms with Crippen molar-refractivity contribution in [2.24, 2.45) is 5.41 Å². The molecule has 1 saturated heterocycles. The molecule has 0 spiro atoms. The van der Waals surface area contributed by atoms with Gasteiger partial charge in [-0.1, -0.05) is 62.9 Å². The normalized spacial score (nSPS) is 27.4. The van der Waals surface area contributed by atoms with Gasteiger partial charge >= 0.3 is 0 Å². The van der Waals surface area contributed by atoms with Crippen LogP contribution in [0.2, 0.25) is 5.02 Å². The van der Waals surface area contributed by atoms with E-state index in [4.69, 9.17) is 11.6 Å². The van der Waals surface area contributed by atoms with Crippen molar-refractivity contribution in [3.8, 4) is 0 Å². The van der Waals surface area contributed by atoms with Crippen LogP contribution in [0.4, 0.5) is 0 Å². The van der Waals surface area contributed by atoms with Crippen molar-refractivity contribution >= 4 is 11.6 Å². The molecule has 1 aromatic rings. The highest BCUT2D eigenvalue weighted by Crippen LogP contribution is 2.46. The van der Waals surface area contributed by atoms with Crippen molar-refractivity contribution in [2.45, 2.75) is 51.9 Å². The number of nitrogens with one attached hydrogen (secondary N) is 1. The van der Waals surface area contributed by atoms with Crippen LogP contribution in [0.5, 0.6) is 0 Å². The molecule has 0 aromatic heterocycles. The maximum absolute atomic E-state index is 6.42. The zero-order chi connectivity index (χ0) is 13.7. The van der Waals surface area contributed by atoms with E-state index >= 15 is 0 Å². The van der Waals surface area contributed by atoms with E-state index < -0.39 is 0 Å². The summed E-state index contributed by atoms with van der Waals surface area (Å²) in [5.41, 5.74) is 1.72. The number of hydrogen-bond donors (Lipinski definition) is 1. The van der Waals surface area contributed by atoms with Crippen LogP contribution in [0.15, 0.2) is 24.3 Å². The lowest BCUT2D eigenvalue weighted by molar-refractivity contribution is 0.167. The summed E-state index contributed by atoms with van der Waals surface area (Å²) in [4.78, 5) is 0. The first-order valence-electron chi connectivity index (χ1n) is 7.62. The average molecular weight is 280 g/mol. The van der Waals surface area contributed by atoms with Crippen LogP contribution in [0.1, 0.15) is 57.4 Å². The first-order valence-corrected chi connectivity index (χ1v) is 8.00. The second-order valence-electron chi connectivity index (χ2n) is 6.14. The Hall–Kier alpha value is -0.530. The Morgan fingerprint density at radius 1 is 1.32 bits per heavy atom. The summed E-state index contributed by atoms with van der Waals surface area (Å²) in [6.07, 6.45) is 6.56. The first-order chi connectivity index (χ1) is 9.17. The molecule has 1 heterocycles. The summed E-state index contributed by atoms with van der Waals surface area (Å²) in [5, 5.41) is 4.48. The largest absolute Gasteiger partial charge is 0.316 e. The minimum absolute atomic E-state index is 0.394. The van der Waals surface area contributed by atoms with Gasteiger partial charge in [0.15, 0.2) is 0 Å². The molecule has 1 fully saturated rings. The Balaban J connectivity index is 2.18. The van der Waals surface area contributed by atoms with Crippen LogP contribution in [-0.2, 0) is 0 Å². The number of hydrogen-bond acceptors (Lipinski definition) is 1. The molecule has 19 heavy (non-hydrogen) atoms. The second kappa shape index (κ2) is 6.76. The summed E-state index contributed by atoms with van der Waals surface area (Å²) in [7, 11) is 0. The third kappa shape index (κ3) is 3.52.